The molecule has 140 valence electrons. The van der Waals surface area contributed by atoms with Crippen LogP contribution in [0.5, 0.6) is 5.75 Å². The Kier molecular flexibility index (Phi) is 4.63. The first kappa shape index (κ1) is 17.5. The Hall–Kier alpha value is -3.87. The zero-order chi connectivity index (χ0) is 19.5. The van der Waals surface area contributed by atoms with Crippen molar-refractivity contribution in [3.8, 4) is 5.75 Å². The minimum Gasteiger partial charge on any atom is -0.486 e. The van der Waals surface area contributed by atoms with Gasteiger partial charge in [0.2, 0.25) is 5.76 Å². The van der Waals surface area contributed by atoms with Crippen molar-refractivity contribution in [1.82, 2.24) is 4.90 Å². The number of nitrogens with zero attached hydrogens (tertiary/aromatic N) is 1. The first-order valence-electron chi connectivity index (χ1n) is 8.52. The highest BCUT2D eigenvalue weighted by Gasteiger charge is 2.36. The van der Waals surface area contributed by atoms with Gasteiger partial charge in [-0.2, -0.15) is 0 Å². The number of esters is 1. The zero-order valence-electron chi connectivity index (χ0n) is 14.7. The number of carbonyl (C=O) groups is 3. The van der Waals surface area contributed by atoms with E-state index < -0.39 is 24.5 Å². The molecule has 4 rings (SSSR count). The van der Waals surface area contributed by atoms with E-state index >= 15 is 0 Å². The van der Waals surface area contributed by atoms with E-state index in [1.165, 1.54) is 6.07 Å². The van der Waals surface area contributed by atoms with Gasteiger partial charge in [-0.25, -0.2) is 9.69 Å². The molecular formula is C21H15NO6. The maximum atomic E-state index is 12.3. The monoisotopic (exact) mass is 377 g/mol. The first-order valence-corrected chi connectivity index (χ1v) is 8.52. The maximum absolute atomic E-state index is 12.3. The van der Waals surface area contributed by atoms with E-state index in [4.69, 9.17) is 13.9 Å². The minimum atomic E-state index is -0.775. The van der Waals surface area contributed by atoms with E-state index in [0.29, 0.717) is 22.6 Å². The number of carbonyl (C=O) groups excluding carboxylic acids is 3. The van der Waals surface area contributed by atoms with Gasteiger partial charge in [0, 0.05) is 0 Å². The molecule has 1 aliphatic heterocycles. The van der Waals surface area contributed by atoms with Crippen molar-refractivity contribution in [2.24, 2.45) is 0 Å². The summed E-state index contributed by atoms with van der Waals surface area (Å²) in [6.45, 7) is -0.336. The number of imide groups is 1. The maximum Gasteiger partial charge on any atom is 0.375 e. The summed E-state index contributed by atoms with van der Waals surface area (Å²) in [6, 6.07) is 18.7. The number of benzene rings is 2. The fraction of sp³-hybridized carbons (Fsp3) is 0.0952. The number of hydrogen-bond donors (Lipinski definition) is 0. The Morgan fingerprint density at radius 3 is 2.18 bits per heavy atom. The predicted octanol–water partition coefficient (Wildman–Crippen LogP) is 3.27. The normalized spacial score (nSPS) is 12.8. The Bertz CT molecular complexity index is 1000. The Balaban J connectivity index is 1.34. The second kappa shape index (κ2) is 7.40. The molecule has 7 nitrogen and oxygen atoms in total. The molecule has 0 unspecified atom stereocenters. The first-order chi connectivity index (χ1) is 13.6. The van der Waals surface area contributed by atoms with Crippen LogP contribution in [0.2, 0.25) is 0 Å². The third kappa shape index (κ3) is 3.37. The highest BCUT2D eigenvalue weighted by Crippen LogP contribution is 2.22. The second-order valence-electron chi connectivity index (χ2n) is 6.01. The summed E-state index contributed by atoms with van der Waals surface area (Å²) in [5.74, 6) is -0.689. The highest BCUT2D eigenvalue weighted by atomic mass is 16.6. The van der Waals surface area contributed by atoms with Crippen LogP contribution in [-0.4, -0.2) is 29.4 Å². The van der Waals surface area contributed by atoms with E-state index in [1.54, 1.807) is 42.5 Å². The third-order valence-corrected chi connectivity index (χ3v) is 4.19. The molecule has 1 aromatic heterocycles. The lowest BCUT2D eigenvalue weighted by Gasteiger charge is -2.13. The molecule has 2 heterocycles. The largest absolute Gasteiger partial charge is 0.486 e. The van der Waals surface area contributed by atoms with E-state index in [-0.39, 0.29) is 12.4 Å². The summed E-state index contributed by atoms with van der Waals surface area (Å²) in [5.41, 5.74) is 0.587. The second-order valence-corrected chi connectivity index (χ2v) is 6.01. The van der Waals surface area contributed by atoms with E-state index in [0.717, 1.165) is 4.90 Å². The zero-order valence-corrected chi connectivity index (χ0v) is 14.7. The van der Waals surface area contributed by atoms with Crippen LogP contribution in [0.1, 0.15) is 37.0 Å². The Labute approximate surface area is 160 Å². The van der Waals surface area contributed by atoms with E-state index in [2.05, 4.69) is 0 Å². The van der Waals surface area contributed by atoms with Gasteiger partial charge in [0.25, 0.3) is 11.8 Å². The molecule has 0 bridgehead atoms. The molecule has 28 heavy (non-hydrogen) atoms. The molecule has 0 fully saturated rings. The van der Waals surface area contributed by atoms with Crippen LogP contribution in [0.15, 0.2) is 71.1 Å². The Morgan fingerprint density at radius 2 is 1.50 bits per heavy atom. The average Bonchev–Trinajstić information content (AvgIpc) is 3.30. The number of hydrogen-bond acceptors (Lipinski definition) is 6. The SMILES string of the molecule is O=C(OCN1C(=O)c2ccccc2C1=O)c1ccc(COc2ccccc2)o1. The molecule has 2 aromatic carbocycles. The van der Waals surface area contributed by atoms with Gasteiger partial charge in [-0.3, -0.25) is 9.59 Å². The van der Waals surface area contributed by atoms with Gasteiger partial charge < -0.3 is 13.9 Å². The summed E-state index contributed by atoms with van der Waals surface area (Å²) in [6.07, 6.45) is 0. The summed E-state index contributed by atoms with van der Waals surface area (Å²) >= 11 is 0. The van der Waals surface area contributed by atoms with Crippen LogP contribution in [0, 0.1) is 0 Å². The van der Waals surface area contributed by atoms with Gasteiger partial charge in [-0.1, -0.05) is 30.3 Å². The summed E-state index contributed by atoms with van der Waals surface area (Å²) in [5, 5.41) is 0. The van der Waals surface area contributed by atoms with Crippen molar-refractivity contribution < 1.29 is 28.3 Å². The highest BCUT2D eigenvalue weighted by molar-refractivity contribution is 6.21. The number of amides is 2. The van der Waals surface area contributed by atoms with Gasteiger partial charge in [0.15, 0.2) is 6.73 Å². The van der Waals surface area contributed by atoms with Gasteiger partial charge >= 0.3 is 5.97 Å². The van der Waals surface area contributed by atoms with Crippen LogP contribution < -0.4 is 4.74 Å². The molecule has 7 heteroatoms. The van der Waals surface area contributed by atoms with E-state index in [9.17, 15) is 14.4 Å². The number of para-hydroxylation sites is 1. The van der Waals surface area contributed by atoms with Crippen LogP contribution >= 0.6 is 0 Å². The van der Waals surface area contributed by atoms with Crippen LogP contribution in [-0.2, 0) is 11.3 Å². The summed E-state index contributed by atoms with van der Waals surface area (Å²) < 4.78 is 16.0. The number of fused-ring (bicyclic) bond motifs is 1. The van der Waals surface area contributed by atoms with Crippen molar-refractivity contribution in [3.05, 3.63) is 89.4 Å². The summed E-state index contributed by atoms with van der Waals surface area (Å²) in [7, 11) is 0. The standard InChI is InChI=1S/C21H15NO6/c23-19-16-8-4-5-9-17(16)20(24)22(19)13-27-21(25)18-11-10-15(28-18)12-26-14-6-2-1-3-7-14/h1-11H,12-13H2. The molecule has 2 amide bonds. The van der Waals surface area contributed by atoms with Crippen LogP contribution in [0.25, 0.3) is 0 Å². The number of rotatable bonds is 6. The van der Waals surface area contributed by atoms with Crippen molar-refractivity contribution in [1.29, 1.82) is 0 Å². The molecule has 0 spiro atoms. The lowest BCUT2D eigenvalue weighted by molar-refractivity contribution is 0.0202. The molecule has 0 saturated carbocycles. The van der Waals surface area contributed by atoms with Gasteiger partial charge in [-0.15, -0.1) is 0 Å². The topological polar surface area (TPSA) is 86.0 Å². The lowest BCUT2D eigenvalue weighted by atomic mass is 10.1. The molecular weight excluding hydrogens is 362 g/mol. The quantitative estimate of drug-likeness (QED) is 0.484. The van der Waals surface area contributed by atoms with Crippen molar-refractivity contribution in [2.45, 2.75) is 6.61 Å². The van der Waals surface area contributed by atoms with Crippen LogP contribution in [0.3, 0.4) is 0 Å². The molecule has 0 radical (unpaired) electrons. The molecule has 1 aliphatic rings. The lowest BCUT2D eigenvalue weighted by Crippen LogP contribution is -2.33. The van der Waals surface area contributed by atoms with Gasteiger partial charge in [0.05, 0.1) is 11.1 Å². The number of ether oxygens (including phenoxy) is 2. The molecule has 0 aliphatic carbocycles. The predicted molar refractivity (Wildman–Crippen MR) is 96.7 cm³/mol. The smallest absolute Gasteiger partial charge is 0.375 e. The average molecular weight is 377 g/mol. The fourth-order valence-corrected chi connectivity index (χ4v) is 2.79. The van der Waals surface area contributed by atoms with Gasteiger partial charge in [0.1, 0.15) is 18.1 Å². The van der Waals surface area contributed by atoms with Crippen molar-refractivity contribution in [3.63, 3.8) is 0 Å². The molecule has 0 saturated heterocycles. The molecule has 0 atom stereocenters. The van der Waals surface area contributed by atoms with Crippen molar-refractivity contribution in [2.75, 3.05) is 6.73 Å². The fourth-order valence-electron chi connectivity index (χ4n) is 2.79. The molecule has 0 N–H and O–H groups in total. The van der Waals surface area contributed by atoms with Gasteiger partial charge in [-0.05, 0) is 36.4 Å². The molecule has 3 aromatic rings. The summed E-state index contributed by atoms with van der Waals surface area (Å²) in [4.78, 5) is 37.6. The minimum absolute atomic E-state index is 0.0386. The Morgan fingerprint density at radius 1 is 0.857 bits per heavy atom. The number of furan rings is 1. The van der Waals surface area contributed by atoms with Crippen molar-refractivity contribution >= 4 is 17.8 Å². The van der Waals surface area contributed by atoms with E-state index in [1.807, 2.05) is 18.2 Å². The third-order valence-electron chi connectivity index (χ3n) is 4.19. The van der Waals surface area contributed by atoms with Crippen LogP contribution in [0.4, 0.5) is 0 Å².